The van der Waals surface area contributed by atoms with Crippen LogP contribution in [0, 0.1) is 5.82 Å². The summed E-state index contributed by atoms with van der Waals surface area (Å²) >= 11 is 0. The van der Waals surface area contributed by atoms with Crippen molar-refractivity contribution >= 4 is 23.5 Å². The van der Waals surface area contributed by atoms with Gasteiger partial charge in [0.1, 0.15) is 5.82 Å². The third kappa shape index (κ3) is 5.37. The van der Waals surface area contributed by atoms with Gasteiger partial charge in [0, 0.05) is 12.2 Å². The second-order valence-corrected chi connectivity index (χ2v) is 5.85. The molecule has 0 aliphatic rings. The number of carbonyl (C=O) groups excluding carboxylic acids is 1. The Kier molecular flexibility index (Phi) is 5.57. The van der Waals surface area contributed by atoms with Crippen LogP contribution in [0.5, 0.6) is 0 Å². The van der Waals surface area contributed by atoms with Crippen LogP contribution in [0.1, 0.15) is 21.7 Å². The van der Waals surface area contributed by atoms with E-state index in [9.17, 15) is 22.4 Å². The smallest absolute Gasteiger partial charge is 0.363 e. The Hall–Kier alpha value is -3.76. The Morgan fingerprint density at radius 3 is 2.34 bits per heavy atom. The van der Waals surface area contributed by atoms with Crippen LogP contribution in [0.25, 0.3) is 0 Å². The zero-order valence-electron chi connectivity index (χ0n) is 14.7. The van der Waals surface area contributed by atoms with Crippen molar-refractivity contribution in [2.24, 2.45) is 5.73 Å². The standard InChI is InChI=1S/C18H14F4N6O/c19-12-6-4-10(5-7-12)9-24-16-26-15(14(23)29)27-17(28-16)25-13-3-1-2-11(8-13)18(20,21)22/h1-8H,9H2,(H2,23,29)(H2,24,25,26,27,28). The van der Waals surface area contributed by atoms with E-state index in [-0.39, 0.29) is 30.0 Å². The number of carbonyl (C=O) groups is 1. The van der Waals surface area contributed by atoms with E-state index in [1.807, 2.05) is 0 Å². The van der Waals surface area contributed by atoms with Crippen molar-refractivity contribution in [1.82, 2.24) is 15.0 Å². The highest BCUT2D eigenvalue weighted by molar-refractivity contribution is 5.89. The predicted molar refractivity (Wildman–Crippen MR) is 96.8 cm³/mol. The molecule has 150 valence electrons. The Morgan fingerprint density at radius 2 is 1.69 bits per heavy atom. The highest BCUT2D eigenvalue weighted by Gasteiger charge is 2.30. The summed E-state index contributed by atoms with van der Waals surface area (Å²) in [6.07, 6.45) is -4.52. The summed E-state index contributed by atoms with van der Waals surface area (Å²) in [4.78, 5) is 23.2. The Bertz CT molecular complexity index is 1020. The normalized spacial score (nSPS) is 11.2. The first-order valence-electron chi connectivity index (χ1n) is 8.19. The lowest BCUT2D eigenvalue weighted by Gasteiger charge is -2.11. The molecule has 0 spiro atoms. The van der Waals surface area contributed by atoms with E-state index in [0.29, 0.717) is 5.56 Å². The van der Waals surface area contributed by atoms with Crippen LogP contribution in [-0.4, -0.2) is 20.9 Å². The highest BCUT2D eigenvalue weighted by Crippen LogP contribution is 2.31. The number of aromatic nitrogens is 3. The molecule has 0 aliphatic heterocycles. The van der Waals surface area contributed by atoms with E-state index in [2.05, 4.69) is 25.6 Å². The number of anilines is 3. The van der Waals surface area contributed by atoms with Crippen molar-refractivity contribution < 1.29 is 22.4 Å². The molecule has 0 saturated carbocycles. The number of amides is 1. The molecule has 7 nitrogen and oxygen atoms in total. The summed E-state index contributed by atoms with van der Waals surface area (Å²) in [5.74, 6) is -1.92. The number of hydrogen-bond acceptors (Lipinski definition) is 6. The van der Waals surface area contributed by atoms with Gasteiger partial charge in [-0.3, -0.25) is 4.79 Å². The van der Waals surface area contributed by atoms with E-state index in [4.69, 9.17) is 5.73 Å². The maximum absolute atomic E-state index is 13.0. The maximum atomic E-state index is 13.0. The molecule has 11 heteroatoms. The number of primary amides is 1. The molecule has 0 bridgehead atoms. The van der Waals surface area contributed by atoms with Gasteiger partial charge in [-0.15, -0.1) is 0 Å². The van der Waals surface area contributed by atoms with Crippen LogP contribution in [0.3, 0.4) is 0 Å². The number of benzene rings is 2. The van der Waals surface area contributed by atoms with Crippen LogP contribution in [0.15, 0.2) is 48.5 Å². The number of alkyl halides is 3. The SMILES string of the molecule is NC(=O)c1nc(NCc2ccc(F)cc2)nc(Nc2cccc(C(F)(F)F)c2)n1. The fourth-order valence-corrected chi connectivity index (χ4v) is 2.31. The van der Waals surface area contributed by atoms with Crippen molar-refractivity contribution in [1.29, 1.82) is 0 Å². The third-order valence-electron chi connectivity index (χ3n) is 3.67. The lowest BCUT2D eigenvalue weighted by molar-refractivity contribution is -0.137. The minimum atomic E-state index is -4.52. The van der Waals surface area contributed by atoms with Crippen molar-refractivity contribution in [2.45, 2.75) is 12.7 Å². The molecule has 29 heavy (non-hydrogen) atoms. The van der Waals surface area contributed by atoms with Gasteiger partial charge in [0.2, 0.25) is 17.7 Å². The molecule has 0 aliphatic carbocycles. The topological polar surface area (TPSA) is 106 Å². The van der Waals surface area contributed by atoms with Crippen LogP contribution in [0.4, 0.5) is 35.1 Å². The number of nitrogens with two attached hydrogens (primary N) is 1. The first kappa shape index (κ1) is 20.0. The molecule has 3 aromatic rings. The highest BCUT2D eigenvalue weighted by atomic mass is 19.4. The Labute approximate surface area is 162 Å². The monoisotopic (exact) mass is 406 g/mol. The molecular formula is C18H14F4N6O. The minimum Gasteiger partial charge on any atom is -0.363 e. The molecule has 3 rings (SSSR count). The van der Waals surface area contributed by atoms with Crippen LogP contribution in [-0.2, 0) is 12.7 Å². The molecular weight excluding hydrogens is 392 g/mol. The predicted octanol–water partition coefficient (Wildman–Crippen LogP) is 3.48. The van der Waals surface area contributed by atoms with E-state index in [1.165, 1.54) is 24.3 Å². The largest absolute Gasteiger partial charge is 0.416 e. The number of nitrogens with one attached hydrogen (secondary N) is 2. The average Bonchev–Trinajstić information content (AvgIpc) is 2.67. The summed E-state index contributed by atoms with van der Waals surface area (Å²) in [6, 6.07) is 10.0. The number of rotatable bonds is 6. The molecule has 1 aromatic heterocycles. The summed E-state index contributed by atoms with van der Waals surface area (Å²) in [5, 5.41) is 5.42. The third-order valence-corrected chi connectivity index (χ3v) is 3.67. The first-order chi connectivity index (χ1) is 13.7. The van der Waals surface area contributed by atoms with Gasteiger partial charge in [0.15, 0.2) is 0 Å². The molecule has 0 atom stereocenters. The van der Waals surface area contributed by atoms with Crippen LogP contribution < -0.4 is 16.4 Å². The average molecular weight is 406 g/mol. The second-order valence-electron chi connectivity index (χ2n) is 5.85. The van der Waals surface area contributed by atoms with Crippen molar-refractivity contribution in [3.8, 4) is 0 Å². The summed E-state index contributed by atoms with van der Waals surface area (Å²) < 4.78 is 51.6. The fourth-order valence-electron chi connectivity index (χ4n) is 2.31. The fraction of sp³-hybridized carbons (Fsp3) is 0.111. The molecule has 0 saturated heterocycles. The molecule has 0 fully saturated rings. The van der Waals surface area contributed by atoms with Crippen molar-refractivity contribution in [3.63, 3.8) is 0 Å². The minimum absolute atomic E-state index is 0.0346. The van der Waals surface area contributed by atoms with E-state index in [0.717, 1.165) is 12.1 Å². The summed E-state index contributed by atoms with van der Waals surface area (Å²) in [7, 11) is 0. The van der Waals surface area contributed by atoms with Gasteiger partial charge < -0.3 is 16.4 Å². The molecule has 0 radical (unpaired) electrons. The van der Waals surface area contributed by atoms with Gasteiger partial charge in [-0.1, -0.05) is 18.2 Å². The molecule has 2 aromatic carbocycles. The summed E-state index contributed by atoms with van der Waals surface area (Å²) in [6.45, 7) is 0.200. The van der Waals surface area contributed by atoms with Gasteiger partial charge in [0.05, 0.1) is 5.56 Å². The van der Waals surface area contributed by atoms with Crippen molar-refractivity contribution in [2.75, 3.05) is 10.6 Å². The van der Waals surface area contributed by atoms with Crippen molar-refractivity contribution in [3.05, 3.63) is 71.3 Å². The van der Waals surface area contributed by atoms with Crippen LogP contribution in [0.2, 0.25) is 0 Å². The second kappa shape index (κ2) is 8.09. The molecule has 1 amide bonds. The number of nitrogens with zero attached hydrogens (tertiary/aromatic N) is 3. The van der Waals surface area contributed by atoms with Crippen LogP contribution >= 0.6 is 0 Å². The first-order valence-corrected chi connectivity index (χ1v) is 8.19. The number of hydrogen-bond donors (Lipinski definition) is 3. The van der Waals surface area contributed by atoms with Gasteiger partial charge in [0.25, 0.3) is 5.91 Å². The van der Waals surface area contributed by atoms with Gasteiger partial charge in [-0.2, -0.15) is 28.1 Å². The molecule has 0 unspecified atom stereocenters. The quantitative estimate of drug-likeness (QED) is 0.541. The van der Waals surface area contributed by atoms with E-state index in [1.54, 1.807) is 12.1 Å². The van der Waals surface area contributed by atoms with Gasteiger partial charge in [-0.25, -0.2) is 4.39 Å². The lowest BCUT2D eigenvalue weighted by Crippen LogP contribution is -2.18. The maximum Gasteiger partial charge on any atom is 0.416 e. The van der Waals surface area contributed by atoms with E-state index >= 15 is 0 Å². The van der Waals surface area contributed by atoms with Gasteiger partial charge in [-0.05, 0) is 35.9 Å². The lowest BCUT2D eigenvalue weighted by atomic mass is 10.2. The Morgan fingerprint density at radius 1 is 1.00 bits per heavy atom. The zero-order chi connectivity index (χ0) is 21.0. The van der Waals surface area contributed by atoms with Gasteiger partial charge >= 0.3 is 6.18 Å². The zero-order valence-corrected chi connectivity index (χ0v) is 14.7. The van der Waals surface area contributed by atoms with E-state index < -0.39 is 23.5 Å². The number of halogens is 4. The molecule has 1 heterocycles. The Balaban J connectivity index is 1.83. The molecule has 4 N–H and O–H groups in total. The summed E-state index contributed by atoms with van der Waals surface area (Å²) in [5.41, 5.74) is 5.12.